The number of carbonyl (C=O) groups is 1. The van der Waals surface area contributed by atoms with E-state index in [9.17, 15) is 13.2 Å². The topological polar surface area (TPSA) is 71.7 Å². The van der Waals surface area contributed by atoms with Gasteiger partial charge in [0.1, 0.15) is 0 Å². The van der Waals surface area contributed by atoms with Crippen LogP contribution in [0, 0.1) is 5.92 Å². The molecule has 1 amide bonds. The number of benzene rings is 2. The van der Waals surface area contributed by atoms with Crippen molar-refractivity contribution in [1.82, 2.24) is 9.47 Å². The minimum absolute atomic E-state index is 0.00105. The molecule has 0 radical (unpaired) electrons. The highest BCUT2D eigenvalue weighted by Gasteiger charge is 2.24. The summed E-state index contributed by atoms with van der Waals surface area (Å²) < 4.78 is 27.6. The van der Waals surface area contributed by atoms with E-state index in [-0.39, 0.29) is 23.0 Å². The van der Waals surface area contributed by atoms with Gasteiger partial charge in [-0.25, -0.2) is 8.42 Å². The average molecular weight is 492 g/mol. The maximum absolute atomic E-state index is 12.8. The minimum Gasteiger partial charge on any atom is -0.343 e. The van der Waals surface area contributed by atoms with Crippen LogP contribution < -0.4 is 4.80 Å². The number of fused-ring (bicyclic) bond motifs is 1. The maximum Gasteiger partial charge on any atom is 0.223 e. The molecular formula is C23H26ClN3O3S2. The fraction of sp³-hybridized carbons (Fsp3) is 0.391. The highest BCUT2D eigenvalue weighted by atomic mass is 35.5. The van der Waals surface area contributed by atoms with Crippen molar-refractivity contribution in [2.45, 2.75) is 24.2 Å². The first-order chi connectivity index (χ1) is 15.3. The number of rotatable bonds is 6. The van der Waals surface area contributed by atoms with E-state index in [1.54, 1.807) is 52.6 Å². The quantitative estimate of drug-likeness (QED) is 0.525. The third-order valence-corrected chi connectivity index (χ3v) is 8.76. The van der Waals surface area contributed by atoms with Gasteiger partial charge in [0, 0.05) is 49.7 Å². The number of sulfone groups is 1. The molecule has 0 saturated carbocycles. The van der Waals surface area contributed by atoms with Crippen LogP contribution in [0.25, 0.3) is 10.8 Å². The van der Waals surface area contributed by atoms with Crippen LogP contribution in [-0.2, 0) is 21.7 Å². The van der Waals surface area contributed by atoms with Gasteiger partial charge in [-0.2, -0.15) is 0 Å². The summed E-state index contributed by atoms with van der Waals surface area (Å²) in [6.45, 7) is 2.08. The molecule has 4 rings (SSSR count). The van der Waals surface area contributed by atoms with E-state index >= 15 is 0 Å². The SMILES string of the molecule is Cn1ccsc1=NCC1CCN(C(=O)CCS(=O)(=O)c2ccc3cc(Cl)ccc3c2)CC1. The monoisotopic (exact) mass is 491 g/mol. The van der Waals surface area contributed by atoms with Crippen LogP contribution >= 0.6 is 22.9 Å². The van der Waals surface area contributed by atoms with Crippen LogP contribution in [-0.4, -0.2) is 49.2 Å². The Morgan fingerprint density at radius 3 is 2.59 bits per heavy atom. The second-order valence-electron chi connectivity index (χ2n) is 8.18. The number of aryl methyl sites for hydroxylation is 1. The third-order valence-electron chi connectivity index (χ3n) is 5.93. The van der Waals surface area contributed by atoms with Gasteiger partial charge in [-0.1, -0.05) is 23.7 Å². The van der Waals surface area contributed by atoms with E-state index in [0.717, 1.165) is 35.0 Å². The Morgan fingerprint density at radius 2 is 1.88 bits per heavy atom. The van der Waals surface area contributed by atoms with Gasteiger partial charge in [0.15, 0.2) is 14.6 Å². The number of aromatic nitrogens is 1. The molecule has 2 heterocycles. The highest BCUT2D eigenvalue weighted by molar-refractivity contribution is 7.91. The van der Waals surface area contributed by atoms with E-state index in [4.69, 9.17) is 11.6 Å². The summed E-state index contributed by atoms with van der Waals surface area (Å²) in [7, 11) is -1.56. The Morgan fingerprint density at radius 1 is 1.16 bits per heavy atom. The molecule has 0 N–H and O–H groups in total. The lowest BCUT2D eigenvalue weighted by Crippen LogP contribution is -2.39. The Labute approximate surface area is 197 Å². The van der Waals surface area contributed by atoms with Crippen molar-refractivity contribution < 1.29 is 13.2 Å². The summed E-state index contributed by atoms with van der Waals surface area (Å²) in [5.41, 5.74) is 0. The van der Waals surface area contributed by atoms with E-state index in [1.165, 1.54) is 0 Å². The largest absolute Gasteiger partial charge is 0.343 e. The lowest BCUT2D eigenvalue weighted by atomic mass is 9.97. The Kier molecular flexibility index (Phi) is 7.02. The van der Waals surface area contributed by atoms with Gasteiger partial charge in [-0.3, -0.25) is 9.79 Å². The van der Waals surface area contributed by atoms with Crippen LogP contribution in [0.1, 0.15) is 19.3 Å². The van der Waals surface area contributed by atoms with Gasteiger partial charge in [0.2, 0.25) is 5.91 Å². The molecule has 1 aliphatic heterocycles. The molecule has 2 aromatic carbocycles. The van der Waals surface area contributed by atoms with Crippen LogP contribution in [0.5, 0.6) is 0 Å². The van der Waals surface area contributed by atoms with Gasteiger partial charge in [0.05, 0.1) is 10.6 Å². The first-order valence-electron chi connectivity index (χ1n) is 10.6. The van der Waals surface area contributed by atoms with Gasteiger partial charge in [-0.05, 0) is 53.8 Å². The molecule has 0 unspecified atom stereocenters. The summed E-state index contributed by atoms with van der Waals surface area (Å²) >= 11 is 7.62. The summed E-state index contributed by atoms with van der Waals surface area (Å²) in [5.74, 6) is 0.173. The smallest absolute Gasteiger partial charge is 0.223 e. The predicted molar refractivity (Wildman–Crippen MR) is 129 cm³/mol. The zero-order chi connectivity index (χ0) is 22.7. The van der Waals surface area contributed by atoms with Crippen molar-refractivity contribution in [1.29, 1.82) is 0 Å². The molecule has 1 aromatic heterocycles. The van der Waals surface area contributed by atoms with Crippen LogP contribution in [0.2, 0.25) is 5.02 Å². The molecule has 0 bridgehead atoms. The highest BCUT2D eigenvalue weighted by Crippen LogP contribution is 2.24. The molecule has 9 heteroatoms. The van der Waals surface area contributed by atoms with E-state index < -0.39 is 9.84 Å². The molecule has 3 aromatic rings. The van der Waals surface area contributed by atoms with Gasteiger partial charge in [0.25, 0.3) is 0 Å². The van der Waals surface area contributed by atoms with Crippen LogP contribution in [0.3, 0.4) is 0 Å². The van der Waals surface area contributed by atoms with E-state index in [2.05, 4.69) is 4.99 Å². The normalized spacial score (nSPS) is 16.1. The summed E-state index contributed by atoms with van der Waals surface area (Å²) in [6.07, 6.45) is 3.78. The van der Waals surface area contributed by atoms with Crippen molar-refractivity contribution in [3.63, 3.8) is 0 Å². The zero-order valence-electron chi connectivity index (χ0n) is 17.9. The lowest BCUT2D eigenvalue weighted by molar-refractivity contribution is -0.132. The number of hydrogen-bond acceptors (Lipinski definition) is 5. The molecule has 6 nitrogen and oxygen atoms in total. The molecular weight excluding hydrogens is 466 g/mol. The van der Waals surface area contributed by atoms with Crippen molar-refractivity contribution in [2.24, 2.45) is 18.0 Å². The molecule has 0 atom stereocenters. The van der Waals surface area contributed by atoms with E-state index in [1.807, 2.05) is 23.2 Å². The number of halogens is 1. The Balaban J connectivity index is 1.31. The number of nitrogens with zero attached hydrogens (tertiary/aromatic N) is 3. The molecule has 1 aliphatic rings. The molecule has 1 saturated heterocycles. The number of piperidine rings is 1. The molecule has 32 heavy (non-hydrogen) atoms. The maximum atomic E-state index is 12.8. The first-order valence-corrected chi connectivity index (χ1v) is 13.5. The number of carbonyl (C=O) groups excluding carboxylic acids is 1. The van der Waals surface area contributed by atoms with Crippen LogP contribution in [0.15, 0.2) is 57.9 Å². The average Bonchev–Trinajstić information content (AvgIpc) is 3.20. The zero-order valence-corrected chi connectivity index (χ0v) is 20.3. The number of amides is 1. The molecule has 170 valence electrons. The summed E-state index contributed by atoms with van der Waals surface area (Å²) in [5, 5.41) is 4.32. The summed E-state index contributed by atoms with van der Waals surface area (Å²) in [6, 6.07) is 10.3. The fourth-order valence-corrected chi connectivity index (χ4v) is 6.12. The van der Waals surface area contributed by atoms with Crippen LogP contribution in [0.4, 0.5) is 0 Å². The second kappa shape index (κ2) is 9.77. The minimum atomic E-state index is -3.54. The summed E-state index contributed by atoms with van der Waals surface area (Å²) in [4.78, 5) is 20.4. The van der Waals surface area contributed by atoms with E-state index in [0.29, 0.717) is 24.0 Å². The fourth-order valence-electron chi connectivity index (χ4n) is 3.94. The molecule has 0 spiro atoms. The molecule has 1 fully saturated rings. The second-order valence-corrected chi connectivity index (χ2v) is 11.6. The standard InChI is InChI=1S/C23H26ClN3O3S2/c1-26-11-12-31-23(26)25-16-17-6-9-27(10-7-17)22(28)8-13-32(29,30)21-5-3-18-14-20(24)4-2-19(18)15-21/h2-5,11-12,14-15,17H,6-10,13,16H2,1H3. The predicted octanol–water partition coefficient (Wildman–Crippen LogP) is 3.90. The third kappa shape index (κ3) is 5.42. The van der Waals surface area contributed by atoms with Crippen molar-refractivity contribution in [3.8, 4) is 0 Å². The van der Waals surface area contributed by atoms with Gasteiger partial charge >= 0.3 is 0 Å². The Bertz CT molecular complexity index is 1290. The number of likely N-dealkylation sites (tertiary alicyclic amines) is 1. The number of hydrogen-bond donors (Lipinski definition) is 0. The Hall–Kier alpha value is -2.16. The van der Waals surface area contributed by atoms with Crippen molar-refractivity contribution >= 4 is 49.5 Å². The van der Waals surface area contributed by atoms with Gasteiger partial charge < -0.3 is 9.47 Å². The van der Waals surface area contributed by atoms with Crippen molar-refractivity contribution in [3.05, 3.63) is 57.8 Å². The number of thiazole rings is 1. The first kappa shape index (κ1) is 23.0. The van der Waals surface area contributed by atoms with Gasteiger partial charge in [-0.15, -0.1) is 11.3 Å². The lowest BCUT2D eigenvalue weighted by Gasteiger charge is -2.31. The van der Waals surface area contributed by atoms with Crippen molar-refractivity contribution in [2.75, 3.05) is 25.4 Å². The molecule has 0 aliphatic carbocycles.